The number of halogens is 3. The molecule has 0 saturated heterocycles. The number of methoxy groups -OCH3 is 1. The molecule has 2 aromatic carbocycles. The summed E-state index contributed by atoms with van der Waals surface area (Å²) in [5.41, 5.74) is 1.71. The van der Waals surface area contributed by atoms with Gasteiger partial charge in [0.15, 0.2) is 11.5 Å². The molecule has 0 bridgehead atoms. The van der Waals surface area contributed by atoms with Crippen molar-refractivity contribution in [2.45, 2.75) is 6.54 Å². The van der Waals surface area contributed by atoms with Gasteiger partial charge in [0, 0.05) is 16.7 Å². The Morgan fingerprint density at radius 1 is 1.20 bits per heavy atom. The van der Waals surface area contributed by atoms with Crippen molar-refractivity contribution < 1.29 is 14.2 Å². The van der Waals surface area contributed by atoms with Crippen LogP contribution in [0.5, 0.6) is 11.5 Å². The molecule has 2 rings (SSSR count). The van der Waals surface area contributed by atoms with E-state index < -0.39 is 0 Å². The number of anilines is 1. The highest BCUT2D eigenvalue weighted by atomic mass is 79.9. The molecule has 0 aliphatic rings. The maximum Gasteiger partial charge on any atom is 0.172 e. The van der Waals surface area contributed by atoms with Crippen molar-refractivity contribution in [3.63, 3.8) is 0 Å². The number of hydrogen-bond acceptors (Lipinski definition) is 3. The van der Waals surface area contributed by atoms with Gasteiger partial charge in [0.2, 0.25) is 0 Å². The van der Waals surface area contributed by atoms with Crippen LogP contribution >= 0.6 is 31.9 Å². The molecule has 0 heterocycles. The van der Waals surface area contributed by atoms with Gasteiger partial charge in [-0.1, -0.05) is 0 Å². The molecule has 3 nitrogen and oxygen atoms in total. The van der Waals surface area contributed by atoms with Crippen molar-refractivity contribution in [2.75, 3.05) is 12.4 Å². The van der Waals surface area contributed by atoms with Crippen molar-refractivity contribution >= 4 is 37.5 Å². The molecule has 0 aliphatic carbocycles. The summed E-state index contributed by atoms with van der Waals surface area (Å²) in [4.78, 5) is 0. The van der Waals surface area contributed by atoms with Crippen LogP contribution in [0.1, 0.15) is 5.56 Å². The van der Waals surface area contributed by atoms with Crippen LogP contribution in [0.25, 0.3) is 0 Å². The summed E-state index contributed by atoms with van der Waals surface area (Å²) in [6.45, 7) is 0.513. The largest absolute Gasteiger partial charge is 0.503 e. The fourth-order valence-corrected chi connectivity index (χ4v) is 2.70. The molecule has 0 spiro atoms. The van der Waals surface area contributed by atoms with E-state index in [0.29, 0.717) is 21.2 Å². The van der Waals surface area contributed by atoms with Crippen LogP contribution in [-0.2, 0) is 6.54 Å². The number of benzene rings is 2. The van der Waals surface area contributed by atoms with Crippen molar-refractivity contribution in [1.29, 1.82) is 0 Å². The minimum atomic E-state index is -0.295. The Balaban J connectivity index is 2.16. The first kappa shape index (κ1) is 15.1. The van der Waals surface area contributed by atoms with Crippen LogP contribution < -0.4 is 10.1 Å². The van der Waals surface area contributed by atoms with Gasteiger partial charge in [-0.15, -0.1) is 0 Å². The molecular formula is C14H12Br2FNO2. The fraction of sp³-hybridized carbons (Fsp3) is 0.143. The van der Waals surface area contributed by atoms with Crippen LogP contribution in [-0.4, -0.2) is 12.2 Å². The van der Waals surface area contributed by atoms with Crippen molar-refractivity contribution in [1.82, 2.24) is 0 Å². The molecular weight excluding hydrogens is 393 g/mol. The molecule has 0 fully saturated rings. The first-order valence-electron chi connectivity index (χ1n) is 5.75. The quantitative estimate of drug-likeness (QED) is 0.777. The summed E-state index contributed by atoms with van der Waals surface area (Å²) in [6.07, 6.45) is 0. The maximum atomic E-state index is 13.0. The van der Waals surface area contributed by atoms with Crippen molar-refractivity contribution in [3.8, 4) is 11.5 Å². The van der Waals surface area contributed by atoms with Crippen LogP contribution in [0.2, 0.25) is 0 Å². The van der Waals surface area contributed by atoms with Gasteiger partial charge in [-0.25, -0.2) is 4.39 Å². The predicted octanol–water partition coefficient (Wildman–Crippen LogP) is 4.68. The zero-order valence-electron chi connectivity index (χ0n) is 10.6. The highest BCUT2D eigenvalue weighted by Crippen LogP contribution is 2.35. The Bertz CT molecular complexity index is 635. The number of nitrogens with one attached hydrogen (secondary N) is 1. The number of ether oxygens (including phenoxy) is 1. The van der Waals surface area contributed by atoms with Crippen LogP contribution in [0, 0.1) is 5.82 Å². The topological polar surface area (TPSA) is 41.5 Å². The number of phenols is 1. The summed E-state index contributed by atoms with van der Waals surface area (Å²) in [7, 11) is 1.50. The Morgan fingerprint density at radius 2 is 1.95 bits per heavy atom. The average molecular weight is 405 g/mol. The molecule has 0 atom stereocenters. The SMILES string of the molecule is COc1cc(CNc2ccc(F)cc2Br)cc(Br)c1O. The second-order valence-corrected chi connectivity index (χ2v) is 5.81. The molecule has 20 heavy (non-hydrogen) atoms. The van der Waals surface area contributed by atoms with E-state index in [2.05, 4.69) is 37.2 Å². The number of rotatable bonds is 4. The van der Waals surface area contributed by atoms with E-state index >= 15 is 0 Å². The number of phenolic OH excluding ortho intramolecular Hbond substituents is 1. The summed E-state index contributed by atoms with van der Waals surface area (Å²) in [5, 5.41) is 12.9. The molecule has 2 N–H and O–H groups in total. The van der Waals surface area contributed by atoms with E-state index in [9.17, 15) is 9.50 Å². The first-order chi connectivity index (χ1) is 9.51. The molecule has 0 radical (unpaired) electrons. The Kier molecular flexibility index (Phi) is 4.88. The molecule has 106 valence electrons. The van der Waals surface area contributed by atoms with Gasteiger partial charge in [-0.05, 0) is 67.8 Å². The van der Waals surface area contributed by atoms with Crippen LogP contribution in [0.15, 0.2) is 39.3 Å². The van der Waals surface area contributed by atoms with Gasteiger partial charge in [0.1, 0.15) is 5.82 Å². The molecule has 6 heteroatoms. The monoisotopic (exact) mass is 403 g/mol. The smallest absolute Gasteiger partial charge is 0.172 e. The Labute approximate surface area is 133 Å². The molecule has 0 unspecified atom stereocenters. The van der Waals surface area contributed by atoms with Crippen LogP contribution in [0.4, 0.5) is 10.1 Å². The van der Waals surface area contributed by atoms with Gasteiger partial charge in [0.25, 0.3) is 0 Å². The Hall–Kier alpha value is -1.27. The zero-order valence-corrected chi connectivity index (χ0v) is 13.8. The Morgan fingerprint density at radius 3 is 2.60 bits per heavy atom. The van der Waals surface area contributed by atoms with E-state index in [0.717, 1.165) is 11.3 Å². The summed E-state index contributed by atoms with van der Waals surface area (Å²) in [5.74, 6) is 0.171. The lowest BCUT2D eigenvalue weighted by Gasteiger charge is -2.11. The highest BCUT2D eigenvalue weighted by Gasteiger charge is 2.09. The lowest BCUT2D eigenvalue weighted by molar-refractivity contribution is 0.371. The van der Waals surface area contributed by atoms with Crippen LogP contribution in [0.3, 0.4) is 0 Å². The lowest BCUT2D eigenvalue weighted by atomic mass is 10.2. The van der Waals surface area contributed by atoms with E-state index in [1.807, 2.05) is 0 Å². The third kappa shape index (κ3) is 3.43. The minimum absolute atomic E-state index is 0.0687. The molecule has 0 amide bonds. The number of aromatic hydroxyl groups is 1. The van der Waals surface area contributed by atoms with Gasteiger partial charge in [0.05, 0.1) is 11.6 Å². The molecule has 0 aromatic heterocycles. The van der Waals surface area contributed by atoms with E-state index in [-0.39, 0.29) is 11.6 Å². The third-order valence-corrected chi connectivity index (χ3v) is 3.98. The molecule has 0 aliphatic heterocycles. The second-order valence-electron chi connectivity index (χ2n) is 4.11. The lowest BCUT2D eigenvalue weighted by Crippen LogP contribution is -2.01. The van der Waals surface area contributed by atoms with Gasteiger partial charge in [-0.3, -0.25) is 0 Å². The number of hydrogen-bond donors (Lipinski definition) is 2. The van der Waals surface area contributed by atoms with E-state index in [4.69, 9.17) is 4.74 Å². The van der Waals surface area contributed by atoms with Crippen molar-refractivity contribution in [2.24, 2.45) is 0 Å². The second kappa shape index (κ2) is 6.45. The van der Waals surface area contributed by atoms with Gasteiger partial charge >= 0.3 is 0 Å². The third-order valence-electron chi connectivity index (χ3n) is 2.72. The zero-order chi connectivity index (χ0) is 14.7. The maximum absolute atomic E-state index is 13.0. The standard InChI is InChI=1S/C14H12Br2FNO2/c1-20-13-5-8(4-11(16)14(13)19)7-18-12-3-2-9(17)6-10(12)15/h2-6,18-19H,7H2,1H3. The first-order valence-corrected chi connectivity index (χ1v) is 7.34. The van der Waals surface area contributed by atoms with Gasteiger partial charge in [-0.2, -0.15) is 0 Å². The van der Waals surface area contributed by atoms with E-state index in [1.54, 1.807) is 18.2 Å². The fourth-order valence-electron chi connectivity index (χ4n) is 1.72. The highest BCUT2D eigenvalue weighted by molar-refractivity contribution is 9.11. The summed E-state index contributed by atoms with van der Waals surface area (Å²) < 4.78 is 19.3. The predicted molar refractivity (Wildman–Crippen MR) is 83.8 cm³/mol. The van der Waals surface area contributed by atoms with Crippen molar-refractivity contribution in [3.05, 3.63) is 50.7 Å². The summed E-state index contributed by atoms with van der Waals surface area (Å²) >= 11 is 6.57. The summed E-state index contributed by atoms with van der Waals surface area (Å²) in [6, 6.07) is 7.98. The average Bonchev–Trinajstić information content (AvgIpc) is 2.41. The normalized spacial score (nSPS) is 10.4. The van der Waals surface area contributed by atoms with Gasteiger partial charge < -0.3 is 15.2 Å². The molecule has 2 aromatic rings. The minimum Gasteiger partial charge on any atom is -0.503 e. The molecule has 0 saturated carbocycles. The van der Waals surface area contributed by atoms with E-state index in [1.165, 1.54) is 19.2 Å².